The highest BCUT2D eigenvalue weighted by molar-refractivity contribution is 5.90. The van der Waals surface area contributed by atoms with Crippen molar-refractivity contribution in [3.8, 4) is 11.5 Å². The maximum absolute atomic E-state index is 12.3. The minimum Gasteiger partial charge on any atom is -0.457 e. The lowest BCUT2D eigenvalue weighted by atomic mass is 10.2. The van der Waals surface area contributed by atoms with Crippen molar-refractivity contribution in [3.05, 3.63) is 91.1 Å². The molecule has 0 bridgehead atoms. The molecule has 134 valence electrons. The Hall–Kier alpha value is -3.53. The van der Waals surface area contributed by atoms with Crippen molar-refractivity contribution in [2.24, 2.45) is 0 Å². The number of aromatic nitrogens is 1. The summed E-state index contributed by atoms with van der Waals surface area (Å²) >= 11 is 0. The summed E-state index contributed by atoms with van der Waals surface area (Å²) < 4.78 is 7.86. The normalized spacial score (nSPS) is 10.7. The number of nitrogens with one attached hydrogen (secondary N) is 1. The number of anilines is 1. The molecule has 27 heavy (non-hydrogen) atoms. The van der Waals surface area contributed by atoms with E-state index in [1.807, 2.05) is 72.9 Å². The van der Waals surface area contributed by atoms with Gasteiger partial charge in [0.05, 0.1) is 0 Å². The van der Waals surface area contributed by atoms with Crippen LogP contribution in [0.1, 0.15) is 6.42 Å². The maximum atomic E-state index is 12.3. The number of fused-ring (bicyclic) bond motifs is 1. The average Bonchev–Trinajstić information content (AvgIpc) is 3.12. The summed E-state index contributed by atoms with van der Waals surface area (Å²) in [5.74, 6) is 1.51. The Morgan fingerprint density at radius 2 is 1.52 bits per heavy atom. The third kappa shape index (κ3) is 4.18. The number of aryl methyl sites for hydroxylation is 1. The van der Waals surface area contributed by atoms with Gasteiger partial charge in [-0.3, -0.25) is 4.79 Å². The van der Waals surface area contributed by atoms with Crippen LogP contribution in [0.3, 0.4) is 0 Å². The van der Waals surface area contributed by atoms with Gasteiger partial charge >= 0.3 is 0 Å². The summed E-state index contributed by atoms with van der Waals surface area (Å²) in [5, 5.41) is 4.12. The zero-order valence-electron chi connectivity index (χ0n) is 14.8. The summed E-state index contributed by atoms with van der Waals surface area (Å²) in [4.78, 5) is 12.3. The van der Waals surface area contributed by atoms with Crippen LogP contribution in [0.2, 0.25) is 0 Å². The van der Waals surface area contributed by atoms with Gasteiger partial charge in [-0.2, -0.15) is 0 Å². The van der Waals surface area contributed by atoms with E-state index in [1.165, 1.54) is 5.39 Å². The lowest BCUT2D eigenvalue weighted by Crippen LogP contribution is -2.14. The minimum atomic E-state index is -0.00971. The summed E-state index contributed by atoms with van der Waals surface area (Å²) in [6, 6.07) is 27.2. The first-order valence-corrected chi connectivity index (χ1v) is 8.95. The van der Waals surface area contributed by atoms with E-state index < -0.39 is 0 Å². The topological polar surface area (TPSA) is 43.3 Å². The van der Waals surface area contributed by atoms with Crippen LogP contribution in [0.25, 0.3) is 10.9 Å². The SMILES string of the molecule is O=C(CCn1ccc2ccccc21)Nc1ccc(Oc2ccccc2)cc1. The second-order valence-electron chi connectivity index (χ2n) is 6.31. The van der Waals surface area contributed by atoms with Crippen LogP contribution in [-0.4, -0.2) is 10.5 Å². The molecular weight excluding hydrogens is 336 g/mol. The van der Waals surface area contributed by atoms with Gasteiger partial charge < -0.3 is 14.6 Å². The predicted molar refractivity (Wildman–Crippen MR) is 108 cm³/mol. The number of nitrogens with zero attached hydrogens (tertiary/aromatic N) is 1. The van der Waals surface area contributed by atoms with Crippen molar-refractivity contribution in [2.75, 3.05) is 5.32 Å². The average molecular weight is 356 g/mol. The molecule has 0 fully saturated rings. The summed E-state index contributed by atoms with van der Waals surface area (Å²) in [7, 11) is 0. The molecule has 0 aliphatic carbocycles. The van der Waals surface area contributed by atoms with Crippen LogP contribution in [0.4, 0.5) is 5.69 Å². The number of hydrogen-bond acceptors (Lipinski definition) is 2. The number of rotatable bonds is 6. The van der Waals surface area contributed by atoms with Gasteiger partial charge in [-0.05, 0) is 53.9 Å². The van der Waals surface area contributed by atoms with Gasteiger partial charge in [0, 0.05) is 30.4 Å². The first-order chi connectivity index (χ1) is 13.3. The summed E-state index contributed by atoms with van der Waals surface area (Å²) in [6.07, 6.45) is 2.44. The van der Waals surface area contributed by atoms with Crippen LogP contribution in [0.5, 0.6) is 11.5 Å². The van der Waals surface area contributed by atoms with Crippen LogP contribution < -0.4 is 10.1 Å². The minimum absolute atomic E-state index is 0.00971. The molecule has 1 amide bonds. The highest BCUT2D eigenvalue weighted by atomic mass is 16.5. The molecule has 0 aliphatic rings. The van der Waals surface area contributed by atoms with Crippen LogP contribution in [-0.2, 0) is 11.3 Å². The van der Waals surface area contributed by atoms with Crippen LogP contribution in [0.15, 0.2) is 91.1 Å². The van der Waals surface area contributed by atoms with Gasteiger partial charge in [-0.15, -0.1) is 0 Å². The van der Waals surface area contributed by atoms with Crippen molar-refractivity contribution < 1.29 is 9.53 Å². The van der Waals surface area contributed by atoms with Gasteiger partial charge in [0.2, 0.25) is 5.91 Å². The van der Waals surface area contributed by atoms with Crippen molar-refractivity contribution >= 4 is 22.5 Å². The molecule has 1 heterocycles. The van der Waals surface area contributed by atoms with E-state index in [2.05, 4.69) is 28.1 Å². The Balaban J connectivity index is 1.33. The fraction of sp³-hybridized carbons (Fsp3) is 0.0870. The number of carbonyl (C=O) groups excluding carboxylic acids is 1. The Morgan fingerprint density at radius 3 is 2.33 bits per heavy atom. The van der Waals surface area contributed by atoms with Gasteiger partial charge in [0.1, 0.15) is 11.5 Å². The number of para-hydroxylation sites is 2. The van der Waals surface area contributed by atoms with E-state index in [9.17, 15) is 4.79 Å². The smallest absolute Gasteiger partial charge is 0.226 e. The van der Waals surface area contributed by atoms with Gasteiger partial charge in [0.15, 0.2) is 0 Å². The van der Waals surface area contributed by atoms with E-state index in [0.717, 1.165) is 22.7 Å². The quantitative estimate of drug-likeness (QED) is 0.498. The second-order valence-corrected chi connectivity index (χ2v) is 6.31. The summed E-state index contributed by atoms with van der Waals surface area (Å²) in [5.41, 5.74) is 1.91. The van der Waals surface area contributed by atoms with Crippen LogP contribution in [0, 0.1) is 0 Å². The molecule has 0 aliphatic heterocycles. The molecule has 4 aromatic rings. The van der Waals surface area contributed by atoms with E-state index in [-0.39, 0.29) is 5.91 Å². The van der Waals surface area contributed by atoms with Gasteiger partial charge in [-0.1, -0.05) is 36.4 Å². The molecule has 3 aromatic carbocycles. The molecular formula is C23H20N2O2. The molecule has 0 atom stereocenters. The molecule has 1 N–H and O–H groups in total. The lowest BCUT2D eigenvalue weighted by molar-refractivity contribution is -0.116. The Kier molecular flexibility index (Phi) is 4.88. The number of amides is 1. The zero-order chi connectivity index (χ0) is 18.5. The van der Waals surface area contributed by atoms with Gasteiger partial charge in [0.25, 0.3) is 0 Å². The predicted octanol–water partition coefficient (Wildman–Crippen LogP) is 5.46. The Bertz CT molecular complexity index is 1040. The van der Waals surface area contributed by atoms with E-state index in [1.54, 1.807) is 0 Å². The van der Waals surface area contributed by atoms with E-state index >= 15 is 0 Å². The standard InChI is InChI=1S/C23H20N2O2/c26-23(15-17-25-16-14-18-6-4-5-9-22(18)25)24-19-10-12-21(13-11-19)27-20-7-2-1-3-8-20/h1-14,16H,15,17H2,(H,24,26). The fourth-order valence-electron chi connectivity index (χ4n) is 3.01. The molecule has 0 radical (unpaired) electrons. The Morgan fingerprint density at radius 1 is 0.815 bits per heavy atom. The largest absolute Gasteiger partial charge is 0.457 e. The molecule has 0 unspecified atom stereocenters. The molecule has 0 saturated heterocycles. The molecule has 0 saturated carbocycles. The third-order valence-corrected chi connectivity index (χ3v) is 4.38. The molecule has 1 aromatic heterocycles. The van der Waals surface area contributed by atoms with Crippen molar-refractivity contribution in [2.45, 2.75) is 13.0 Å². The zero-order valence-corrected chi connectivity index (χ0v) is 14.8. The first-order valence-electron chi connectivity index (χ1n) is 8.95. The fourth-order valence-corrected chi connectivity index (χ4v) is 3.01. The number of hydrogen-bond donors (Lipinski definition) is 1. The monoisotopic (exact) mass is 356 g/mol. The maximum Gasteiger partial charge on any atom is 0.226 e. The van der Waals surface area contributed by atoms with Crippen LogP contribution >= 0.6 is 0 Å². The molecule has 4 rings (SSSR count). The summed E-state index contributed by atoms with van der Waals surface area (Å²) in [6.45, 7) is 0.647. The van der Waals surface area contributed by atoms with E-state index in [0.29, 0.717) is 13.0 Å². The Labute approximate surface area is 158 Å². The number of benzene rings is 3. The second kappa shape index (κ2) is 7.79. The third-order valence-electron chi connectivity index (χ3n) is 4.38. The first kappa shape index (κ1) is 16.9. The number of carbonyl (C=O) groups is 1. The molecule has 0 spiro atoms. The van der Waals surface area contributed by atoms with Gasteiger partial charge in [-0.25, -0.2) is 0 Å². The van der Waals surface area contributed by atoms with Crippen molar-refractivity contribution in [3.63, 3.8) is 0 Å². The highest BCUT2D eigenvalue weighted by Crippen LogP contribution is 2.22. The van der Waals surface area contributed by atoms with Crippen molar-refractivity contribution in [1.82, 2.24) is 4.57 Å². The lowest BCUT2D eigenvalue weighted by Gasteiger charge is -2.09. The molecule has 4 heteroatoms. The van der Waals surface area contributed by atoms with Crippen molar-refractivity contribution in [1.29, 1.82) is 0 Å². The van der Waals surface area contributed by atoms with E-state index in [4.69, 9.17) is 4.74 Å². The number of ether oxygens (including phenoxy) is 1. The highest BCUT2D eigenvalue weighted by Gasteiger charge is 2.06. The molecule has 4 nitrogen and oxygen atoms in total.